The molecular weight excluding hydrogens is 272 g/mol. The lowest BCUT2D eigenvalue weighted by Crippen LogP contribution is -2.38. The zero-order valence-corrected chi connectivity index (χ0v) is 9.51. The third kappa shape index (κ3) is 2.87. The average Bonchev–Trinajstić information content (AvgIpc) is 2.23. The molecule has 15 heavy (non-hydrogen) atoms. The van der Waals surface area contributed by atoms with Crippen molar-refractivity contribution in [2.24, 2.45) is 0 Å². The molecule has 0 aromatic rings. The molecule has 0 aromatic carbocycles. The summed E-state index contributed by atoms with van der Waals surface area (Å²) in [5.41, 5.74) is 0. The molecule has 0 spiro atoms. The van der Waals surface area contributed by atoms with E-state index in [-0.39, 0.29) is 0 Å². The van der Waals surface area contributed by atoms with E-state index in [2.05, 4.69) is 0 Å². The van der Waals surface area contributed by atoms with Crippen molar-refractivity contribution in [1.29, 1.82) is 0 Å². The third-order valence-corrected chi connectivity index (χ3v) is 6.79. The summed E-state index contributed by atoms with van der Waals surface area (Å²) in [5, 5.41) is -4.38. The summed E-state index contributed by atoms with van der Waals surface area (Å²) in [6, 6.07) is 0. The van der Waals surface area contributed by atoms with Gasteiger partial charge in [-0.1, -0.05) is 0 Å². The molecular formula is C4H6O8S3-2. The van der Waals surface area contributed by atoms with Crippen molar-refractivity contribution in [3.8, 4) is 0 Å². The Morgan fingerprint density at radius 1 is 0.867 bits per heavy atom. The first-order chi connectivity index (χ1) is 6.43. The Morgan fingerprint density at radius 2 is 1.13 bits per heavy atom. The summed E-state index contributed by atoms with van der Waals surface area (Å²) >= 11 is 0. The second kappa shape index (κ2) is 3.38. The smallest absolute Gasteiger partial charge is 0.152 e. The molecule has 0 unspecified atom stereocenters. The number of hydrogen-bond acceptors (Lipinski definition) is 8. The van der Waals surface area contributed by atoms with Crippen LogP contribution in [0.2, 0.25) is 0 Å². The first kappa shape index (κ1) is 12.8. The van der Waals surface area contributed by atoms with Crippen molar-refractivity contribution in [3.63, 3.8) is 0 Å². The molecule has 1 heterocycles. The lowest BCUT2D eigenvalue weighted by Gasteiger charge is -2.23. The summed E-state index contributed by atoms with van der Waals surface area (Å²) in [6.45, 7) is 0. The zero-order valence-electron chi connectivity index (χ0n) is 7.06. The van der Waals surface area contributed by atoms with E-state index in [9.17, 15) is 34.4 Å². The van der Waals surface area contributed by atoms with Crippen molar-refractivity contribution < 1.29 is 34.4 Å². The molecule has 1 aliphatic rings. The Morgan fingerprint density at radius 3 is 1.33 bits per heavy atom. The fourth-order valence-electron chi connectivity index (χ4n) is 1.32. The van der Waals surface area contributed by atoms with Gasteiger partial charge in [0, 0.05) is 0 Å². The molecule has 2 atom stereocenters. The van der Waals surface area contributed by atoms with Crippen LogP contribution in [0.5, 0.6) is 0 Å². The van der Waals surface area contributed by atoms with E-state index in [1.807, 2.05) is 0 Å². The molecule has 1 saturated heterocycles. The zero-order chi connectivity index (χ0) is 12.1. The molecule has 0 bridgehead atoms. The number of sulfone groups is 1. The summed E-state index contributed by atoms with van der Waals surface area (Å²) in [6.07, 6.45) is 0. The molecule has 90 valence electrons. The molecule has 11 heteroatoms. The van der Waals surface area contributed by atoms with Crippen LogP contribution in [0.25, 0.3) is 0 Å². The molecule has 0 saturated carbocycles. The SMILES string of the molecule is O=S1(=O)C[C@@H](S(=O)(=O)[O-])[C@@H](S(=O)(=O)[O-])C1. The van der Waals surface area contributed by atoms with Crippen molar-refractivity contribution in [1.82, 2.24) is 0 Å². The maximum absolute atomic E-state index is 10.9. The second-order valence-electron chi connectivity index (χ2n) is 3.14. The predicted octanol–water partition coefficient (Wildman–Crippen LogP) is -2.76. The molecule has 0 N–H and O–H groups in total. The van der Waals surface area contributed by atoms with Crippen molar-refractivity contribution in [3.05, 3.63) is 0 Å². The Labute approximate surface area is 86.7 Å². The van der Waals surface area contributed by atoms with Gasteiger partial charge in [0.2, 0.25) is 0 Å². The van der Waals surface area contributed by atoms with Crippen LogP contribution in [0.4, 0.5) is 0 Å². The minimum absolute atomic E-state index is 1.11. The van der Waals surface area contributed by atoms with Crippen molar-refractivity contribution in [2.45, 2.75) is 10.5 Å². The van der Waals surface area contributed by atoms with Crippen LogP contribution in [-0.4, -0.2) is 56.4 Å². The van der Waals surface area contributed by atoms with Crippen molar-refractivity contribution >= 4 is 30.1 Å². The molecule has 1 rings (SSSR count). The highest BCUT2D eigenvalue weighted by Crippen LogP contribution is 2.24. The number of rotatable bonds is 2. The Kier molecular flexibility index (Phi) is 2.89. The highest BCUT2D eigenvalue weighted by atomic mass is 32.2. The second-order valence-corrected chi connectivity index (χ2v) is 8.48. The van der Waals surface area contributed by atoms with Crippen LogP contribution in [0.1, 0.15) is 0 Å². The van der Waals surface area contributed by atoms with Gasteiger partial charge in [-0.15, -0.1) is 0 Å². The summed E-state index contributed by atoms with van der Waals surface area (Å²) < 4.78 is 85.2. The molecule has 0 aromatic heterocycles. The van der Waals surface area contributed by atoms with E-state index in [4.69, 9.17) is 0 Å². The van der Waals surface area contributed by atoms with Gasteiger partial charge in [0.05, 0.1) is 42.2 Å². The van der Waals surface area contributed by atoms with E-state index >= 15 is 0 Å². The standard InChI is InChI=1S/C4H8O8S3/c5-13(6)1-3(14(7,8)9)4(2-13)15(10,11)12/h3-4H,1-2H2,(H,7,8,9)(H,10,11,12)/p-2/t3-,4+. The fourth-order valence-corrected chi connectivity index (χ4v) is 7.50. The fraction of sp³-hybridized carbons (Fsp3) is 1.00. The van der Waals surface area contributed by atoms with E-state index in [0.29, 0.717) is 0 Å². The van der Waals surface area contributed by atoms with Gasteiger partial charge in [-0.05, 0) is 0 Å². The van der Waals surface area contributed by atoms with Gasteiger partial charge >= 0.3 is 0 Å². The Bertz CT molecular complexity index is 505. The van der Waals surface area contributed by atoms with Gasteiger partial charge in [0.25, 0.3) is 0 Å². The molecule has 1 fully saturated rings. The van der Waals surface area contributed by atoms with Gasteiger partial charge in [-0.2, -0.15) is 0 Å². The Balaban J connectivity index is 3.29. The third-order valence-electron chi connectivity index (χ3n) is 1.99. The normalized spacial score (nSPS) is 31.6. The lowest BCUT2D eigenvalue weighted by atomic mass is 10.4. The minimum atomic E-state index is -5.11. The highest BCUT2D eigenvalue weighted by molar-refractivity contribution is 7.97. The van der Waals surface area contributed by atoms with Gasteiger partial charge < -0.3 is 9.11 Å². The van der Waals surface area contributed by atoms with E-state index < -0.39 is 52.1 Å². The monoisotopic (exact) mass is 278 g/mol. The van der Waals surface area contributed by atoms with Crippen LogP contribution >= 0.6 is 0 Å². The number of hydrogen-bond donors (Lipinski definition) is 0. The maximum atomic E-state index is 10.9. The minimum Gasteiger partial charge on any atom is -0.748 e. The molecule has 0 amide bonds. The largest absolute Gasteiger partial charge is 0.748 e. The topological polar surface area (TPSA) is 149 Å². The summed E-state index contributed by atoms with van der Waals surface area (Å²) in [7, 11) is -14.2. The van der Waals surface area contributed by atoms with Crippen LogP contribution < -0.4 is 0 Å². The molecule has 0 aliphatic carbocycles. The quantitative estimate of drug-likeness (QED) is 0.493. The van der Waals surface area contributed by atoms with Crippen LogP contribution in [0.15, 0.2) is 0 Å². The predicted molar refractivity (Wildman–Crippen MR) is 45.6 cm³/mol. The van der Waals surface area contributed by atoms with Gasteiger partial charge in [0.1, 0.15) is 0 Å². The highest BCUT2D eigenvalue weighted by Gasteiger charge is 2.45. The van der Waals surface area contributed by atoms with E-state index in [1.54, 1.807) is 0 Å². The summed E-state index contributed by atoms with van der Waals surface area (Å²) in [4.78, 5) is 0. The molecule has 0 radical (unpaired) electrons. The lowest BCUT2D eigenvalue weighted by molar-refractivity contribution is 0.431. The average molecular weight is 278 g/mol. The van der Waals surface area contributed by atoms with Crippen molar-refractivity contribution in [2.75, 3.05) is 11.5 Å². The maximum Gasteiger partial charge on any atom is 0.152 e. The molecule has 8 nitrogen and oxygen atoms in total. The first-order valence-electron chi connectivity index (χ1n) is 3.53. The molecule has 1 aliphatic heterocycles. The summed E-state index contributed by atoms with van der Waals surface area (Å²) in [5.74, 6) is -2.21. The van der Waals surface area contributed by atoms with Gasteiger partial charge in [-0.3, -0.25) is 0 Å². The van der Waals surface area contributed by atoms with Crippen LogP contribution in [-0.2, 0) is 30.1 Å². The van der Waals surface area contributed by atoms with Gasteiger partial charge in [-0.25, -0.2) is 25.3 Å². The van der Waals surface area contributed by atoms with Crippen LogP contribution in [0, 0.1) is 0 Å². The van der Waals surface area contributed by atoms with Crippen LogP contribution in [0.3, 0.4) is 0 Å². The van der Waals surface area contributed by atoms with Gasteiger partial charge in [0.15, 0.2) is 9.84 Å². The first-order valence-corrected chi connectivity index (χ1v) is 8.30. The van der Waals surface area contributed by atoms with E-state index in [0.717, 1.165) is 0 Å². The van der Waals surface area contributed by atoms with E-state index in [1.165, 1.54) is 0 Å². The Hall–Kier alpha value is -0.230.